The monoisotopic (exact) mass is 380 g/mol. The lowest BCUT2D eigenvalue weighted by atomic mass is 9.94. The molecule has 0 bridgehead atoms. The summed E-state index contributed by atoms with van der Waals surface area (Å²) in [4.78, 5) is 36.6. The molecular formula is C18H24N2O5S. The first kappa shape index (κ1) is 18.8. The second-order valence-corrected chi connectivity index (χ2v) is 7.76. The summed E-state index contributed by atoms with van der Waals surface area (Å²) in [6.45, 7) is 0.00631. The van der Waals surface area contributed by atoms with E-state index in [0.29, 0.717) is 11.5 Å². The zero-order chi connectivity index (χ0) is 18.5. The van der Waals surface area contributed by atoms with Gasteiger partial charge in [-0.05, 0) is 25.0 Å². The molecule has 7 nitrogen and oxygen atoms in total. The minimum Gasteiger partial charge on any atom is -0.459 e. The number of nitrogens with zero attached hydrogens (tertiary/aromatic N) is 1. The van der Waals surface area contributed by atoms with E-state index in [1.54, 1.807) is 17.8 Å². The van der Waals surface area contributed by atoms with Crippen molar-refractivity contribution >= 4 is 29.5 Å². The highest BCUT2D eigenvalue weighted by Gasteiger charge is 2.39. The average molecular weight is 380 g/mol. The molecule has 8 heteroatoms. The molecular weight excluding hydrogens is 356 g/mol. The van der Waals surface area contributed by atoms with Gasteiger partial charge >= 0.3 is 5.97 Å². The first-order valence-electron chi connectivity index (χ1n) is 9.00. The van der Waals surface area contributed by atoms with Gasteiger partial charge in [0.05, 0.1) is 12.2 Å². The van der Waals surface area contributed by atoms with Gasteiger partial charge in [-0.25, -0.2) is 0 Å². The highest BCUT2D eigenvalue weighted by molar-refractivity contribution is 8.00. The number of amides is 2. The van der Waals surface area contributed by atoms with Crippen molar-refractivity contribution in [2.75, 3.05) is 5.75 Å². The topological polar surface area (TPSA) is 103 Å². The molecule has 1 saturated carbocycles. The minimum absolute atomic E-state index is 0.00631. The lowest BCUT2D eigenvalue weighted by Gasteiger charge is -2.34. The summed E-state index contributed by atoms with van der Waals surface area (Å²) < 4.78 is 10.9. The number of rotatable bonds is 7. The summed E-state index contributed by atoms with van der Waals surface area (Å²) in [7, 11) is 0. The standard InChI is InChI=1S/C18H24N2O5S/c19-15(21)8-9-17(23)24-10-13-6-7-14(25-13)18-20(16(22)11-26-18)12-4-2-1-3-5-12/h6-7,12,18H,1-5,8-11H2,(H2,19,21). The van der Waals surface area contributed by atoms with Crippen molar-refractivity contribution in [1.82, 2.24) is 4.90 Å². The fraction of sp³-hybridized carbons (Fsp3) is 0.611. The molecule has 2 amide bonds. The van der Waals surface area contributed by atoms with Crippen molar-refractivity contribution in [3.8, 4) is 0 Å². The van der Waals surface area contributed by atoms with Gasteiger partial charge in [0.1, 0.15) is 23.5 Å². The van der Waals surface area contributed by atoms with Gasteiger partial charge in [-0.15, -0.1) is 11.8 Å². The third kappa shape index (κ3) is 4.60. The lowest BCUT2D eigenvalue weighted by Crippen LogP contribution is -2.39. The number of hydrogen-bond donors (Lipinski definition) is 1. The van der Waals surface area contributed by atoms with E-state index in [2.05, 4.69) is 0 Å². The van der Waals surface area contributed by atoms with Crippen LogP contribution in [0.2, 0.25) is 0 Å². The van der Waals surface area contributed by atoms with E-state index in [1.165, 1.54) is 6.42 Å². The van der Waals surface area contributed by atoms with Crippen molar-refractivity contribution in [3.63, 3.8) is 0 Å². The normalized spacial score (nSPS) is 21.2. The summed E-state index contributed by atoms with van der Waals surface area (Å²) >= 11 is 1.58. The summed E-state index contributed by atoms with van der Waals surface area (Å²) in [6.07, 6.45) is 5.60. The van der Waals surface area contributed by atoms with E-state index < -0.39 is 11.9 Å². The van der Waals surface area contributed by atoms with Crippen LogP contribution in [0.3, 0.4) is 0 Å². The summed E-state index contributed by atoms with van der Waals surface area (Å²) in [5, 5.41) is -0.107. The molecule has 1 aromatic heterocycles. The molecule has 26 heavy (non-hydrogen) atoms. The van der Waals surface area contributed by atoms with Crippen LogP contribution in [-0.4, -0.2) is 34.5 Å². The molecule has 3 rings (SSSR count). The Morgan fingerprint density at radius 2 is 2.00 bits per heavy atom. The van der Waals surface area contributed by atoms with E-state index in [-0.39, 0.29) is 36.8 Å². The SMILES string of the molecule is NC(=O)CCC(=O)OCc1ccc(C2SCC(=O)N2C2CCCCC2)o1. The molecule has 0 aromatic carbocycles. The Labute approximate surface area is 156 Å². The maximum atomic E-state index is 12.4. The number of carbonyl (C=O) groups excluding carboxylic acids is 3. The van der Waals surface area contributed by atoms with Crippen molar-refractivity contribution in [3.05, 3.63) is 23.7 Å². The zero-order valence-corrected chi connectivity index (χ0v) is 15.5. The van der Waals surface area contributed by atoms with Crippen molar-refractivity contribution < 1.29 is 23.5 Å². The molecule has 2 fully saturated rings. The van der Waals surface area contributed by atoms with Gasteiger partial charge in [0.15, 0.2) is 0 Å². The Morgan fingerprint density at radius 3 is 2.73 bits per heavy atom. The molecule has 1 saturated heterocycles. The second kappa shape index (κ2) is 8.62. The molecule has 142 valence electrons. The Bertz CT molecular complexity index is 668. The van der Waals surface area contributed by atoms with Crippen LogP contribution in [0, 0.1) is 0 Å². The number of primary amides is 1. The van der Waals surface area contributed by atoms with Gasteiger partial charge in [0.25, 0.3) is 0 Å². The van der Waals surface area contributed by atoms with Crippen molar-refractivity contribution in [1.29, 1.82) is 0 Å². The van der Waals surface area contributed by atoms with Gasteiger partial charge in [0, 0.05) is 12.5 Å². The number of furan rings is 1. The van der Waals surface area contributed by atoms with Crippen molar-refractivity contribution in [2.45, 2.75) is 63.0 Å². The van der Waals surface area contributed by atoms with E-state index in [0.717, 1.165) is 31.4 Å². The molecule has 2 N–H and O–H groups in total. The number of carbonyl (C=O) groups is 3. The molecule has 1 aromatic rings. The van der Waals surface area contributed by atoms with Crippen LogP contribution in [0.1, 0.15) is 61.8 Å². The van der Waals surface area contributed by atoms with Gasteiger partial charge in [-0.1, -0.05) is 19.3 Å². The molecule has 0 radical (unpaired) electrons. The molecule has 1 aliphatic carbocycles. The molecule has 1 unspecified atom stereocenters. The Hall–Kier alpha value is -1.96. The van der Waals surface area contributed by atoms with Crippen LogP contribution in [0.5, 0.6) is 0 Å². The van der Waals surface area contributed by atoms with Crippen LogP contribution in [-0.2, 0) is 25.7 Å². The van der Waals surface area contributed by atoms with Crippen LogP contribution in [0.15, 0.2) is 16.5 Å². The van der Waals surface area contributed by atoms with Gasteiger partial charge < -0.3 is 19.8 Å². The number of thioether (sulfide) groups is 1. The fourth-order valence-electron chi connectivity index (χ4n) is 3.46. The number of esters is 1. The van der Waals surface area contributed by atoms with E-state index in [1.807, 2.05) is 11.0 Å². The zero-order valence-electron chi connectivity index (χ0n) is 14.6. The quantitative estimate of drug-likeness (QED) is 0.729. The third-order valence-electron chi connectivity index (χ3n) is 4.75. The predicted molar refractivity (Wildman–Crippen MR) is 95.9 cm³/mol. The number of hydrogen-bond acceptors (Lipinski definition) is 6. The Morgan fingerprint density at radius 1 is 1.23 bits per heavy atom. The van der Waals surface area contributed by atoms with Crippen LogP contribution < -0.4 is 5.73 Å². The minimum atomic E-state index is -0.534. The maximum absolute atomic E-state index is 12.4. The van der Waals surface area contributed by atoms with Crippen LogP contribution in [0.4, 0.5) is 0 Å². The van der Waals surface area contributed by atoms with Crippen LogP contribution in [0.25, 0.3) is 0 Å². The fourth-order valence-corrected chi connectivity index (χ4v) is 4.65. The Balaban J connectivity index is 1.58. The van der Waals surface area contributed by atoms with E-state index >= 15 is 0 Å². The smallest absolute Gasteiger partial charge is 0.306 e. The van der Waals surface area contributed by atoms with Gasteiger partial charge in [0.2, 0.25) is 11.8 Å². The maximum Gasteiger partial charge on any atom is 0.306 e. The highest BCUT2D eigenvalue weighted by atomic mass is 32.2. The number of nitrogens with two attached hydrogens (primary N) is 1. The second-order valence-electron chi connectivity index (χ2n) is 6.69. The lowest BCUT2D eigenvalue weighted by molar-refractivity contribution is -0.146. The first-order chi connectivity index (χ1) is 12.5. The Kier molecular flexibility index (Phi) is 6.24. The first-order valence-corrected chi connectivity index (χ1v) is 10.0. The third-order valence-corrected chi connectivity index (χ3v) is 5.94. The highest BCUT2D eigenvalue weighted by Crippen LogP contribution is 2.43. The van der Waals surface area contributed by atoms with Gasteiger partial charge in [-0.3, -0.25) is 14.4 Å². The molecule has 0 spiro atoms. The molecule has 1 atom stereocenters. The summed E-state index contributed by atoms with van der Waals surface area (Å²) in [5.41, 5.74) is 5.01. The summed E-state index contributed by atoms with van der Waals surface area (Å²) in [5.74, 6) is 0.858. The molecule has 2 heterocycles. The molecule has 2 aliphatic rings. The van der Waals surface area contributed by atoms with E-state index in [4.69, 9.17) is 14.9 Å². The predicted octanol–water partition coefficient (Wildman–Crippen LogP) is 2.50. The average Bonchev–Trinajstić information content (AvgIpc) is 3.25. The van der Waals surface area contributed by atoms with E-state index in [9.17, 15) is 14.4 Å². The van der Waals surface area contributed by atoms with Crippen molar-refractivity contribution in [2.24, 2.45) is 5.73 Å². The van der Waals surface area contributed by atoms with Crippen LogP contribution >= 0.6 is 11.8 Å². The summed E-state index contributed by atoms with van der Waals surface area (Å²) in [6, 6.07) is 3.90. The largest absolute Gasteiger partial charge is 0.459 e. The number of ether oxygens (including phenoxy) is 1. The molecule has 1 aliphatic heterocycles. The van der Waals surface area contributed by atoms with Gasteiger partial charge in [-0.2, -0.15) is 0 Å².